The Bertz CT molecular complexity index is 566. The van der Waals surface area contributed by atoms with Gasteiger partial charge in [0.1, 0.15) is 0 Å². The number of nitrogens with one attached hydrogen (secondary N) is 1. The third kappa shape index (κ3) is 2.06. The van der Waals surface area contributed by atoms with Crippen molar-refractivity contribution >= 4 is 28.3 Å². The van der Waals surface area contributed by atoms with Gasteiger partial charge in [0, 0.05) is 11.1 Å². The van der Waals surface area contributed by atoms with Gasteiger partial charge in [-0.1, -0.05) is 12.2 Å². The molecule has 2 unspecified atom stereocenters. The van der Waals surface area contributed by atoms with Gasteiger partial charge in [-0.3, -0.25) is 9.59 Å². The molecule has 19 heavy (non-hydrogen) atoms. The predicted octanol–water partition coefficient (Wildman–Crippen LogP) is 1.91. The molecule has 0 spiro atoms. The zero-order valence-electron chi connectivity index (χ0n) is 10.4. The van der Waals surface area contributed by atoms with E-state index < -0.39 is 17.8 Å². The van der Waals surface area contributed by atoms with Gasteiger partial charge in [-0.2, -0.15) is 0 Å². The summed E-state index contributed by atoms with van der Waals surface area (Å²) >= 11 is 1.40. The average Bonchev–Trinajstić information content (AvgIpc) is 3.03. The highest BCUT2D eigenvalue weighted by Crippen LogP contribution is 2.48. The summed E-state index contributed by atoms with van der Waals surface area (Å²) in [5.41, 5.74) is 0. The summed E-state index contributed by atoms with van der Waals surface area (Å²) in [6.45, 7) is 1.91. The van der Waals surface area contributed by atoms with Crippen LogP contribution in [0.5, 0.6) is 0 Å². The lowest BCUT2D eigenvalue weighted by Crippen LogP contribution is -2.36. The molecule has 3 rings (SSSR count). The Balaban J connectivity index is 1.79. The van der Waals surface area contributed by atoms with Crippen LogP contribution >= 0.6 is 11.3 Å². The molecule has 0 aliphatic heterocycles. The first-order valence-electron chi connectivity index (χ1n) is 6.20. The van der Waals surface area contributed by atoms with Crippen LogP contribution in [0.4, 0.5) is 5.13 Å². The summed E-state index contributed by atoms with van der Waals surface area (Å²) in [6, 6.07) is 0. The SMILES string of the molecule is Cc1cnc(NC(=O)[C@H]2C3C=CC(C3)[C@H]2C(=O)O)s1. The number of thiazole rings is 1. The number of carbonyl (C=O) groups is 2. The molecule has 2 aliphatic carbocycles. The Morgan fingerprint density at radius 1 is 1.37 bits per heavy atom. The Hall–Kier alpha value is -1.69. The van der Waals surface area contributed by atoms with E-state index in [0.717, 1.165) is 11.3 Å². The number of carbonyl (C=O) groups excluding carboxylic acids is 1. The zero-order valence-corrected chi connectivity index (χ0v) is 11.2. The summed E-state index contributed by atoms with van der Waals surface area (Å²) in [5, 5.41) is 12.6. The van der Waals surface area contributed by atoms with Crippen LogP contribution in [0.2, 0.25) is 0 Å². The lowest BCUT2D eigenvalue weighted by molar-refractivity contribution is -0.146. The second-order valence-electron chi connectivity index (χ2n) is 5.10. The van der Waals surface area contributed by atoms with E-state index in [1.807, 2.05) is 19.1 Å². The molecule has 100 valence electrons. The molecule has 4 atom stereocenters. The highest BCUT2D eigenvalue weighted by Gasteiger charge is 2.51. The molecule has 6 heteroatoms. The number of carboxylic acids is 1. The molecule has 2 N–H and O–H groups in total. The molecule has 1 aromatic rings. The van der Waals surface area contributed by atoms with Crippen molar-refractivity contribution < 1.29 is 14.7 Å². The number of rotatable bonds is 3. The number of allylic oxidation sites excluding steroid dienone is 2. The smallest absolute Gasteiger partial charge is 0.307 e. The van der Waals surface area contributed by atoms with E-state index in [0.29, 0.717) is 5.13 Å². The maximum Gasteiger partial charge on any atom is 0.307 e. The van der Waals surface area contributed by atoms with Crippen molar-refractivity contribution in [3.05, 3.63) is 23.2 Å². The van der Waals surface area contributed by atoms with Gasteiger partial charge in [0.25, 0.3) is 0 Å². The monoisotopic (exact) mass is 278 g/mol. The van der Waals surface area contributed by atoms with Crippen molar-refractivity contribution in [3.8, 4) is 0 Å². The number of aliphatic carboxylic acids is 1. The van der Waals surface area contributed by atoms with Crippen LogP contribution < -0.4 is 5.32 Å². The molecular weight excluding hydrogens is 264 g/mol. The van der Waals surface area contributed by atoms with E-state index >= 15 is 0 Å². The van der Waals surface area contributed by atoms with Crippen LogP contribution in [0, 0.1) is 30.6 Å². The van der Waals surface area contributed by atoms with Gasteiger partial charge >= 0.3 is 5.97 Å². The van der Waals surface area contributed by atoms with E-state index in [-0.39, 0.29) is 17.7 Å². The van der Waals surface area contributed by atoms with Gasteiger partial charge in [-0.25, -0.2) is 4.98 Å². The molecule has 5 nitrogen and oxygen atoms in total. The van der Waals surface area contributed by atoms with Gasteiger partial charge in [-0.05, 0) is 25.2 Å². The van der Waals surface area contributed by atoms with E-state index in [4.69, 9.17) is 0 Å². The first-order chi connectivity index (χ1) is 9.06. The van der Waals surface area contributed by atoms with Gasteiger partial charge in [0.05, 0.1) is 11.8 Å². The Kier molecular flexibility index (Phi) is 2.89. The highest BCUT2D eigenvalue weighted by atomic mass is 32.1. The Morgan fingerprint density at radius 3 is 2.63 bits per heavy atom. The number of nitrogens with zero attached hydrogens (tertiary/aromatic N) is 1. The van der Waals surface area contributed by atoms with Crippen molar-refractivity contribution in [2.24, 2.45) is 23.7 Å². The fourth-order valence-corrected chi connectivity index (χ4v) is 3.79. The van der Waals surface area contributed by atoms with Crippen molar-refractivity contribution in [2.75, 3.05) is 5.32 Å². The first kappa shape index (κ1) is 12.3. The summed E-state index contributed by atoms with van der Waals surface area (Å²) in [5.74, 6) is -2.14. The third-order valence-electron chi connectivity index (χ3n) is 3.90. The lowest BCUT2D eigenvalue weighted by atomic mass is 9.82. The molecular formula is C13H14N2O3S. The van der Waals surface area contributed by atoms with E-state index in [1.165, 1.54) is 11.3 Å². The van der Waals surface area contributed by atoms with Gasteiger partial charge in [0.2, 0.25) is 5.91 Å². The summed E-state index contributed by atoms with van der Waals surface area (Å²) in [7, 11) is 0. The number of anilines is 1. The zero-order chi connectivity index (χ0) is 13.6. The minimum atomic E-state index is -0.882. The molecule has 2 aliphatic rings. The summed E-state index contributed by atoms with van der Waals surface area (Å²) in [6.07, 6.45) is 6.36. The molecule has 2 bridgehead atoms. The van der Waals surface area contributed by atoms with Crippen LogP contribution in [0.15, 0.2) is 18.3 Å². The number of amides is 1. The number of aryl methyl sites for hydroxylation is 1. The van der Waals surface area contributed by atoms with E-state index in [9.17, 15) is 14.7 Å². The van der Waals surface area contributed by atoms with Crippen molar-refractivity contribution in [1.82, 2.24) is 4.98 Å². The molecule has 0 aromatic carbocycles. The fraction of sp³-hybridized carbons (Fsp3) is 0.462. The number of hydrogen-bond donors (Lipinski definition) is 2. The van der Waals surface area contributed by atoms with Gasteiger partial charge in [0.15, 0.2) is 5.13 Å². The molecule has 0 radical (unpaired) electrons. The van der Waals surface area contributed by atoms with Crippen LogP contribution in [0.1, 0.15) is 11.3 Å². The Morgan fingerprint density at radius 2 is 2.05 bits per heavy atom. The lowest BCUT2D eigenvalue weighted by Gasteiger charge is -2.23. The van der Waals surface area contributed by atoms with Crippen LogP contribution in [-0.2, 0) is 9.59 Å². The van der Waals surface area contributed by atoms with Crippen LogP contribution in [0.25, 0.3) is 0 Å². The molecule has 0 saturated heterocycles. The van der Waals surface area contributed by atoms with Crippen LogP contribution in [-0.4, -0.2) is 22.0 Å². The average molecular weight is 278 g/mol. The largest absolute Gasteiger partial charge is 0.481 e. The quantitative estimate of drug-likeness (QED) is 0.828. The molecule has 1 aromatic heterocycles. The topological polar surface area (TPSA) is 79.3 Å². The molecule has 1 fully saturated rings. The minimum Gasteiger partial charge on any atom is -0.481 e. The summed E-state index contributed by atoms with van der Waals surface area (Å²) in [4.78, 5) is 28.7. The van der Waals surface area contributed by atoms with Crippen molar-refractivity contribution in [2.45, 2.75) is 13.3 Å². The second-order valence-corrected chi connectivity index (χ2v) is 6.34. The highest BCUT2D eigenvalue weighted by molar-refractivity contribution is 7.15. The minimum absolute atomic E-state index is 0.00344. The third-order valence-corrected chi connectivity index (χ3v) is 4.73. The molecule has 1 heterocycles. The number of fused-ring (bicyclic) bond motifs is 2. The molecule has 1 saturated carbocycles. The predicted molar refractivity (Wildman–Crippen MR) is 70.8 cm³/mol. The van der Waals surface area contributed by atoms with Crippen LogP contribution in [0.3, 0.4) is 0 Å². The van der Waals surface area contributed by atoms with Gasteiger partial charge < -0.3 is 10.4 Å². The van der Waals surface area contributed by atoms with Crippen molar-refractivity contribution in [3.63, 3.8) is 0 Å². The number of hydrogen-bond acceptors (Lipinski definition) is 4. The summed E-state index contributed by atoms with van der Waals surface area (Å²) < 4.78 is 0. The Labute approximate surface area is 114 Å². The van der Waals surface area contributed by atoms with E-state index in [1.54, 1.807) is 6.20 Å². The standard InChI is InChI=1S/C13H14N2O3S/c1-6-5-14-13(19-6)15-11(16)9-7-2-3-8(4-7)10(9)12(17)18/h2-3,5,7-10H,4H2,1H3,(H,17,18)(H,14,15,16)/t7?,8?,9-,10+/m0/s1. The molecule has 1 amide bonds. The van der Waals surface area contributed by atoms with E-state index in [2.05, 4.69) is 10.3 Å². The number of carboxylic acid groups (broad SMARTS) is 1. The maximum atomic E-state index is 12.3. The second kappa shape index (κ2) is 4.45. The normalized spacial score (nSPS) is 31.6. The van der Waals surface area contributed by atoms with Gasteiger partial charge in [-0.15, -0.1) is 11.3 Å². The van der Waals surface area contributed by atoms with Crippen molar-refractivity contribution in [1.29, 1.82) is 0 Å². The maximum absolute atomic E-state index is 12.3. The first-order valence-corrected chi connectivity index (χ1v) is 7.02. The number of aromatic nitrogens is 1. The fourth-order valence-electron chi connectivity index (χ4n) is 3.12.